The normalized spacial score (nSPS) is 11.1. The van der Waals surface area contributed by atoms with Gasteiger partial charge in [0, 0.05) is 11.9 Å². The minimum Gasteiger partial charge on any atom is -0.325 e. The van der Waals surface area contributed by atoms with Gasteiger partial charge in [0.05, 0.1) is 23.4 Å². The van der Waals surface area contributed by atoms with Crippen LogP contribution in [0.4, 0.5) is 24.5 Å². The number of carbonyl (C=O) groups excluding carboxylic acids is 2. The zero-order chi connectivity index (χ0) is 18.6. The van der Waals surface area contributed by atoms with Crippen LogP contribution in [0.5, 0.6) is 0 Å². The maximum absolute atomic E-state index is 12.9. The van der Waals surface area contributed by atoms with E-state index in [9.17, 15) is 22.8 Å². The molecule has 0 fully saturated rings. The number of hydrogen-bond donors (Lipinski definition) is 2. The Morgan fingerprint density at radius 1 is 1.00 bits per heavy atom. The molecule has 0 aliphatic rings. The van der Waals surface area contributed by atoms with E-state index in [1.54, 1.807) is 24.3 Å². The molecule has 8 heteroatoms. The van der Waals surface area contributed by atoms with Gasteiger partial charge in [-0.3, -0.25) is 9.59 Å². The first-order valence-electron chi connectivity index (χ1n) is 7.18. The molecule has 132 valence electrons. The number of alkyl halides is 3. The number of rotatable bonds is 4. The van der Waals surface area contributed by atoms with Crippen molar-refractivity contribution in [3.05, 3.63) is 58.6 Å². The highest BCUT2D eigenvalue weighted by molar-refractivity contribution is 6.30. The van der Waals surface area contributed by atoms with Gasteiger partial charge >= 0.3 is 6.18 Å². The maximum Gasteiger partial charge on any atom is 0.416 e. The van der Waals surface area contributed by atoms with Gasteiger partial charge < -0.3 is 10.6 Å². The summed E-state index contributed by atoms with van der Waals surface area (Å²) in [5, 5.41) is 5.30. The van der Waals surface area contributed by atoms with E-state index in [4.69, 9.17) is 11.6 Å². The molecule has 2 amide bonds. The fourth-order valence-electron chi connectivity index (χ4n) is 2.10. The molecular formula is C17H14ClF3N2O2. The molecule has 0 atom stereocenters. The van der Waals surface area contributed by atoms with Crippen molar-refractivity contribution in [1.82, 2.24) is 0 Å². The van der Waals surface area contributed by atoms with Crippen molar-refractivity contribution in [2.45, 2.75) is 19.5 Å². The molecule has 0 bridgehead atoms. The van der Waals surface area contributed by atoms with E-state index in [0.717, 1.165) is 18.2 Å². The van der Waals surface area contributed by atoms with Gasteiger partial charge in [-0.25, -0.2) is 0 Å². The Bertz CT molecular complexity index is 789. The second-order valence-corrected chi connectivity index (χ2v) is 5.73. The zero-order valence-corrected chi connectivity index (χ0v) is 13.8. The van der Waals surface area contributed by atoms with E-state index in [1.807, 2.05) is 0 Å². The molecule has 0 radical (unpaired) electrons. The lowest BCUT2D eigenvalue weighted by molar-refractivity contribution is -0.137. The third-order valence-corrected chi connectivity index (χ3v) is 3.46. The zero-order valence-electron chi connectivity index (χ0n) is 13.1. The summed E-state index contributed by atoms with van der Waals surface area (Å²) in [6, 6.07) is 9.22. The number of hydrogen-bond acceptors (Lipinski definition) is 2. The smallest absolute Gasteiger partial charge is 0.325 e. The molecule has 0 heterocycles. The van der Waals surface area contributed by atoms with Crippen LogP contribution in [0.25, 0.3) is 0 Å². The van der Waals surface area contributed by atoms with Crippen LogP contribution in [0.2, 0.25) is 5.02 Å². The maximum atomic E-state index is 12.9. The molecular weight excluding hydrogens is 357 g/mol. The summed E-state index contributed by atoms with van der Waals surface area (Å²) in [6.07, 6.45) is -4.61. The van der Waals surface area contributed by atoms with Crippen LogP contribution < -0.4 is 10.6 Å². The first-order chi connectivity index (χ1) is 11.6. The predicted molar refractivity (Wildman–Crippen MR) is 89.5 cm³/mol. The average molecular weight is 371 g/mol. The van der Waals surface area contributed by atoms with Crippen molar-refractivity contribution in [3.8, 4) is 0 Å². The Balaban J connectivity index is 2.23. The monoisotopic (exact) mass is 370 g/mol. The lowest BCUT2D eigenvalue weighted by Gasteiger charge is -2.15. The Labute approximate surface area is 147 Å². The average Bonchev–Trinajstić information content (AvgIpc) is 2.49. The van der Waals surface area contributed by atoms with Gasteiger partial charge in [-0.05, 0) is 35.9 Å². The quantitative estimate of drug-likeness (QED) is 0.832. The lowest BCUT2D eigenvalue weighted by atomic mass is 10.1. The van der Waals surface area contributed by atoms with Gasteiger partial charge in [0.1, 0.15) is 0 Å². The second-order valence-electron chi connectivity index (χ2n) is 5.29. The highest BCUT2D eigenvalue weighted by Gasteiger charge is 2.31. The number of nitrogens with one attached hydrogen (secondary N) is 2. The molecule has 0 saturated heterocycles. The molecule has 25 heavy (non-hydrogen) atoms. The van der Waals surface area contributed by atoms with Gasteiger partial charge in [0.25, 0.3) is 0 Å². The van der Waals surface area contributed by atoms with Crippen LogP contribution >= 0.6 is 11.6 Å². The summed E-state index contributed by atoms with van der Waals surface area (Å²) in [5.74, 6) is -0.985. The van der Waals surface area contributed by atoms with Gasteiger partial charge in [-0.2, -0.15) is 13.2 Å². The van der Waals surface area contributed by atoms with Crippen LogP contribution in [0.3, 0.4) is 0 Å². The molecule has 0 saturated carbocycles. The molecule has 2 aromatic rings. The van der Waals surface area contributed by atoms with E-state index >= 15 is 0 Å². The van der Waals surface area contributed by atoms with Crippen LogP contribution in [0.15, 0.2) is 42.5 Å². The van der Waals surface area contributed by atoms with Crippen molar-refractivity contribution in [1.29, 1.82) is 0 Å². The summed E-state index contributed by atoms with van der Waals surface area (Å²) in [6.45, 7) is 1.22. The Morgan fingerprint density at radius 2 is 1.64 bits per heavy atom. The summed E-state index contributed by atoms with van der Waals surface area (Å²) in [7, 11) is 0. The Kier molecular flexibility index (Phi) is 5.69. The van der Waals surface area contributed by atoms with Crippen LogP contribution in [0, 0.1) is 0 Å². The van der Waals surface area contributed by atoms with Gasteiger partial charge in [0.15, 0.2) is 0 Å². The molecule has 2 aromatic carbocycles. The molecule has 2 N–H and O–H groups in total. The van der Waals surface area contributed by atoms with E-state index in [-0.39, 0.29) is 17.8 Å². The van der Waals surface area contributed by atoms with Gasteiger partial charge in [-0.15, -0.1) is 0 Å². The van der Waals surface area contributed by atoms with Crippen molar-refractivity contribution in [2.24, 2.45) is 0 Å². The molecule has 0 aliphatic carbocycles. The number of carbonyl (C=O) groups is 2. The summed E-state index contributed by atoms with van der Waals surface area (Å²) in [5.41, 5.74) is -0.313. The minimum absolute atomic E-state index is 0.0487. The standard InChI is InChI=1S/C17H14ClF3N2O2/c1-10(24)22-14-7-4-12(17(19,20)21)9-15(14)23-16(25)8-11-2-5-13(18)6-3-11/h2-7,9H,8H2,1H3,(H,22,24)(H,23,25). The van der Waals surface area contributed by atoms with E-state index in [1.165, 1.54) is 6.92 Å². The van der Waals surface area contributed by atoms with E-state index < -0.39 is 23.6 Å². The van der Waals surface area contributed by atoms with Gasteiger partial charge in [-0.1, -0.05) is 23.7 Å². The number of benzene rings is 2. The second kappa shape index (κ2) is 7.57. The first-order valence-corrected chi connectivity index (χ1v) is 7.56. The number of anilines is 2. The van der Waals surface area contributed by atoms with E-state index in [2.05, 4.69) is 10.6 Å². The Hall–Kier alpha value is -2.54. The third-order valence-electron chi connectivity index (χ3n) is 3.21. The van der Waals surface area contributed by atoms with Crippen molar-refractivity contribution < 1.29 is 22.8 Å². The number of amides is 2. The number of halogens is 4. The predicted octanol–water partition coefficient (Wildman–Crippen LogP) is 4.50. The Morgan fingerprint density at radius 3 is 2.20 bits per heavy atom. The molecule has 0 unspecified atom stereocenters. The summed E-state index contributed by atoms with van der Waals surface area (Å²) < 4.78 is 38.6. The SMILES string of the molecule is CC(=O)Nc1ccc(C(F)(F)F)cc1NC(=O)Cc1ccc(Cl)cc1. The largest absolute Gasteiger partial charge is 0.416 e. The molecule has 2 rings (SSSR count). The highest BCUT2D eigenvalue weighted by Crippen LogP contribution is 2.34. The van der Waals surface area contributed by atoms with Crippen LogP contribution in [-0.2, 0) is 22.2 Å². The fraction of sp³-hybridized carbons (Fsp3) is 0.176. The van der Waals surface area contributed by atoms with Crippen molar-refractivity contribution in [2.75, 3.05) is 10.6 Å². The first kappa shape index (κ1) is 18.8. The fourth-order valence-corrected chi connectivity index (χ4v) is 2.23. The minimum atomic E-state index is -4.57. The van der Waals surface area contributed by atoms with Crippen molar-refractivity contribution in [3.63, 3.8) is 0 Å². The molecule has 0 aliphatic heterocycles. The molecule has 0 aromatic heterocycles. The van der Waals surface area contributed by atoms with E-state index in [0.29, 0.717) is 10.6 Å². The topological polar surface area (TPSA) is 58.2 Å². The summed E-state index contributed by atoms with van der Waals surface area (Å²) >= 11 is 5.76. The summed E-state index contributed by atoms with van der Waals surface area (Å²) in [4.78, 5) is 23.3. The van der Waals surface area contributed by atoms with Gasteiger partial charge in [0.2, 0.25) is 11.8 Å². The van der Waals surface area contributed by atoms with Crippen LogP contribution in [-0.4, -0.2) is 11.8 Å². The molecule has 0 spiro atoms. The lowest BCUT2D eigenvalue weighted by Crippen LogP contribution is -2.18. The highest BCUT2D eigenvalue weighted by atomic mass is 35.5. The van der Waals surface area contributed by atoms with Crippen LogP contribution in [0.1, 0.15) is 18.1 Å². The third kappa shape index (κ3) is 5.49. The van der Waals surface area contributed by atoms with Crippen molar-refractivity contribution >= 4 is 34.8 Å². The molecule has 4 nitrogen and oxygen atoms in total.